The summed E-state index contributed by atoms with van der Waals surface area (Å²) in [6, 6.07) is 81.9. The molecule has 0 aliphatic heterocycles. The normalized spacial score (nSPS) is 14.4. The predicted octanol–water partition coefficient (Wildman–Crippen LogP) is 14.0. The quantitative estimate of drug-likeness (QED) is 0.161. The SMILES string of the molecule is c1ccc(-c2ccc(N(c3ccccc3)c3ccccc3-c3ccc(C4(c5ccccc5)c5ccccc5-c5c4ccc4ccccc54)cc3)cc2)cc1. The first-order valence-electron chi connectivity index (χ1n) is 18.7. The van der Waals surface area contributed by atoms with Crippen LogP contribution in [0.15, 0.2) is 224 Å². The minimum Gasteiger partial charge on any atom is -0.310 e. The van der Waals surface area contributed by atoms with Crippen LogP contribution in [0.2, 0.25) is 0 Å². The Labute approximate surface area is 317 Å². The predicted molar refractivity (Wildman–Crippen MR) is 227 cm³/mol. The zero-order chi connectivity index (χ0) is 35.9. The Bertz CT molecular complexity index is 2730. The average Bonchev–Trinajstić information content (AvgIpc) is 3.57. The van der Waals surface area contributed by atoms with E-state index in [9.17, 15) is 0 Å². The van der Waals surface area contributed by atoms with Crippen molar-refractivity contribution in [2.75, 3.05) is 4.90 Å². The van der Waals surface area contributed by atoms with E-state index in [0.29, 0.717) is 0 Å². The number of para-hydroxylation sites is 2. The van der Waals surface area contributed by atoms with E-state index in [1.54, 1.807) is 0 Å². The van der Waals surface area contributed by atoms with E-state index in [0.717, 1.165) is 17.1 Å². The summed E-state index contributed by atoms with van der Waals surface area (Å²) in [6.07, 6.45) is 0. The molecule has 1 nitrogen and oxygen atoms in total. The summed E-state index contributed by atoms with van der Waals surface area (Å²) in [7, 11) is 0. The van der Waals surface area contributed by atoms with Crippen molar-refractivity contribution in [3.05, 3.63) is 247 Å². The molecule has 1 aliphatic carbocycles. The molecule has 9 aromatic carbocycles. The molecular weight excluding hydrogens is 651 g/mol. The van der Waals surface area contributed by atoms with E-state index >= 15 is 0 Å². The Balaban J connectivity index is 1.13. The van der Waals surface area contributed by atoms with Crippen molar-refractivity contribution < 1.29 is 0 Å². The van der Waals surface area contributed by atoms with Gasteiger partial charge in [-0.05, 0) is 91.2 Å². The van der Waals surface area contributed by atoms with Gasteiger partial charge < -0.3 is 4.90 Å². The van der Waals surface area contributed by atoms with Gasteiger partial charge in [0.25, 0.3) is 0 Å². The molecule has 0 amide bonds. The molecule has 254 valence electrons. The van der Waals surface area contributed by atoms with E-state index < -0.39 is 5.41 Å². The van der Waals surface area contributed by atoms with Gasteiger partial charge in [-0.2, -0.15) is 0 Å². The highest BCUT2D eigenvalue weighted by atomic mass is 15.1. The maximum atomic E-state index is 2.37. The molecule has 1 atom stereocenters. The molecule has 9 aromatic rings. The second kappa shape index (κ2) is 13.2. The third kappa shape index (κ3) is 5.09. The van der Waals surface area contributed by atoms with E-state index in [-0.39, 0.29) is 0 Å². The van der Waals surface area contributed by atoms with Crippen molar-refractivity contribution in [1.82, 2.24) is 0 Å². The molecule has 0 radical (unpaired) electrons. The summed E-state index contributed by atoms with van der Waals surface area (Å²) >= 11 is 0. The van der Waals surface area contributed by atoms with E-state index in [1.807, 2.05) is 0 Å². The highest BCUT2D eigenvalue weighted by molar-refractivity contribution is 6.04. The van der Waals surface area contributed by atoms with Gasteiger partial charge in [0, 0.05) is 16.9 Å². The topological polar surface area (TPSA) is 3.24 Å². The van der Waals surface area contributed by atoms with Crippen LogP contribution in [-0.2, 0) is 5.41 Å². The molecule has 0 heterocycles. The highest BCUT2D eigenvalue weighted by Crippen LogP contribution is 2.58. The van der Waals surface area contributed by atoms with Crippen molar-refractivity contribution >= 4 is 27.8 Å². The molecule has 54 heavy (non-hydrogen) atoms. The monoisotopic (exact) mass is 687 g/mol. The van der Waals surface area contributed by atoms with Crippen LogP contribution in [0, 0.1) is 0 Å². The van der Waals surface area contributed by atoms with Gasteiger partial charge in [-0.3, -0.25) is 0 Å². The summed E-state index contributed by atoms with van der Waals surface area (Å²) in [5, 5.41) is 2.56. The Morgan fingerprint density at radius 2 is 0.852 bits per heavy atom. The second-order valence-electron chi connectivity index (χ2n) is 14.0. The van der Waals surface area contributed by atoms with Crippen LogP contribution < -0.4 is 4.90 Å². The first-order valence-corrected chi connectivity index (χ1v) is 18.7. The summed E-state index contributed by atoms with van der Waals surface area (Å²) in [6.45, 7) is 0. The van der Waals surface area contributed by atoms with E-state index in [4.69, 9.17) is 0 Å². The van der Waals surface area contributed by atoms with Crippen LogP contribution in [0.1, 0.15) is 22.3 Å². The lowest BCUT2D eigenvalue weighted by atomic mass is 9.67. The maximum absolute atomic E-state index is 2.37. The summed E-state index contributed by atoms with van der Waals surface area (Å²) < 4.78 is 0. The number of anilines is 3. The first-order chi connectivity index (χ1) is 26.8. The van der Waals surface area contributed by atoms with Gasteiger partial charge in [0.2, 0.25) is 0 Å². The zero-order valence-corrected chi connectivity index (χ0v) is 29.8. The van der Waals surface area contributed by atoms with Crippen LogP contribution in [0.3, 0.4) is 0 Å². The molecular formula is C53H37N. The molecule has 1 aliphatic rings. The molecule has 0 N–H and O–H groups in total. The lowest BCUT2D eigenvalue weighted by Crippen LogP contribution is -2.28. The van der Waals surface area contributed by atoms with Crippen LogP contribution >= 0.6 is 0 Å². The number of rotatable bonds is 7. The maximum Gasteiger partial charge on any atom is 0.0713 e. The number of hydrogen-bond acceptors (Lipinski definition) is 1. The van der Waals surface area contributed by atoms with Crippen molar-refractivity contribution in [2.45, 2.75) is 5.41 Å². The molecule has 1 heteroatoms. The standard InChI is InChI=1S/C53H37N/c1-4-16-38(17-5-1)39-30-35-45(36-31-39)54(44-21-8-3-9-22-44)51-27-15-13-23-46(51)41-28-33-43(34-29-41)53(42-19-6-2-7-20-42)49-26-14-12-25-48(49)52-47-24-11-10-18-40(47)32-37-50(52)53/h1-37H. The first kappa shape index (κ1) is 31.7. The summed E-state index contributed by atoms with van der Waals surface area (Å²) in [5.41, 5.74) is 15.5. The Morgan fingerprint density at radius 3 is 1.61 bits per heavy atom. The largest absolute Gasteiger partial charge is 0.310 e. The number of fused-ring (bicyclic) bond motifs is 5. The van der Waals surface area contributed by atoms with Gasteiger partial charge in [0.15, 0.2) is 0 Å². The van der Waals surface area contributed by atoms with Gasteiger partial charge in [-0.25, -0.2) is 0 Å². The fraction of sp³-hybridized carbons (Fsp3) is 0.0189. The molecule has 0 fully saturated rings. The van der Waals surface area contributed by atoms with Crippen LogP contribution in [0.25, 0.3) is 44.2 Å². The van der Waals surface area contributed by atoms with Gasteiger partial charge in [0.05, 0.1) is 11.1 Å². The Hall–Kier alpha value is -6.96. The minimum atomic E-state index is -0.466. The molecule has 0 aromatic heterocycles. The molecule has 0 spiro atoms. The Morgan fingerprint density at radius 1 is 0.315 bits per heavy atom. The van der Waals surface area contributed by atoms with Gasteiger partial charge in [0.1, 0.15) is 0 Å². The number of nitrogens with zero attached hydrogens (tertiary/aromatic N) is 1. The Kier molecular flexibility index (Phi) is 7.78. The highest BCUT2D eigenvalue weighted by Gasteiger charge is 2.46. The van der Waals surface area contributed by atoms with Gasteiger partial charge in [-0.15, -0.1) is 0 Å². The van der Waals surface area contributed by atoms with Gasteiger partial charge in [-0.1, -0.05) is 194 Å². The summed E-state index contributed by atoms with van der Waals surface area (Å²) in [5.74, 6) is 0. The van der Waals surface area contributed by atoms with E-state index in [1.165, 1.54) is 66.4 Å². The van der Waals surface area contributed by atoms with Crippen molar-refractivity contribution in [3.63, 3.8) is 0 Å². The molecule has 0 bridgehead atoms. The van der Waals surface area contributed by atoms with Gasteiger partial charge >= 0.3 is 0 Å². The van der Waals surface area contributed by atoms with Crippen molar-refractivity contribution in [1.29, 1.82) is 0 Å². The van der Waals surface area contributed by atoms with E-state index in [2.05, 4.69) is 229 Å². The average molecular weight is 688 g/mol. The van der Waals surface area contributed by atoms with Crippen LogP contribution in [0.5, 0.6) is 0 Å². The number of benzene rings is 9. The third-order valence-corrected chi connectivity index (χ3v) is 11.2. The third-order valence-electron chi connectivity index (χ3n) is 11.2. The van der Waals surface area contributed by atoms with Crippen LogP contribution in [-0.4, -0.2) is 0 Å². The fourth-order valence-corrected chi connectivity index (χ4v) is 8.77. The van der Waals surface area contributed by atoms with Crippen molar-refractivity contribution in [2.24, 2.45) is 0 Å². The fourth-order valence-electron chi connectivity index (χ4n) is 8.77. The number of hydrogen-bond donors (Lipinski definition) is 0. The molecule has 10 rings (SSSR count). The molecule has 0 saturated heterocycles. The lowest BCUT2D eigenvalue weighted by molar-refractivity contribution is 0.769. The second-order valence-corrected chi connectivity index (χ2v) is 14.0. The molecule has 1 unspecified atom stereocenters. The smallest absolute Gasteiger partial charge is 0.0713 e. The lowest BCUT2D eigenvalue weighted by Gasteiger charge is -2.34. The molecule has 0 saturated carbocycles. The zero-order valence-electron chi connectivity index (χ0n) is 29.8. The summed E-state index contributed by atoms with van der Waals surface area (Å²) in [4.78, 5) is 2.37. The minimum absolute atomic E-state index is 0.466. The van der Waals surface area contributed by atoms with Crippen molar-refractivity contribution in [3.8, 4) is 33.4 Å². The van der Waals surface area contributed by atoms with Crippen LogP contribution in [0.4, 0.5) is 17.1 Å².